The van der Waals surface area contributed by atoms with Gasteiger partial charge in [0.15, 0.2) is 0 Å². The first-order valence-corrected chi connectivity index (χ1v) is 11.9. The van der Waals surface area contributed by atoms with Gasteiger partial charge in [-0.05, 0) is 69.2 Å². The molecule has 2 unspecified atom stereocenters. The molecule has 4 rings (SSSR count). The quantitative estimate of drug-likeness (QED) is 0.328. The minimum absolute atomic E-state index is 0.535. The third kappa shape index (κ3) is 9.42. The first kappa shape index (κ1) is 23.0. The molecule has 0 aromatic heterocycles. The van der Waals surface area contributed by atoms with Crippen molar-refractivity contribution in [3.05, 3.63) is 71.8 Å². The molecule has 30 heavy (non-hydrogen) atoms. The molecule has 0 radical (unpaired) electrons. The number of hydrogen-bond acceptors (Lipinski definition) is 3. The Morgan fingerprint density at radius 3 is 1.53 bits per heavy atom. The van der Waals surface area contributed by atoms with Gasteiger partial charge >= 0.3 is 0 Å². The number of hydrogen-bond donors (Lipinski definition) is 1. The molecule has 2 heterocycles. The van der Waals surface area contributed by atoms with Crippen molar-refractivity contribution in [2.45, 2.75) is 70.0 Å². The highest BCUT2D eigenvalue weighted by Gasteiger charge is 2.21. The minimum Gasteiger partial charge on any atom is -0.373 e. The number of benzene rings is 2. The lowest BCUT2D eigenvalue weighted by molar-refractivity contribution is 0.385. The van der Waals surface area contributed by atoms with E-state index in [2.05, 4.69) is 72.9 Å². The SMILES string of the molecule is C(CCC1CO1)CNCCCCC1CO1.CCC(c1ccccc1)c1ccccc1. The summed E-state index contributed by atoms with van der Waals surface area (Å²) in [5.41, 5.74) is 2.82. The molecule has 3 nitrogen and oxygen atoms in total. The molecule has 2 aromatic carbocycles. The molecule has 0 saturated carbocycles. The zero-order valence-corrected chi connectivity index (χ0v) is 18.6. The van der Waals surface area contributed by atoms with E-state index in [1.54, 1.807) is 0 Å². The van der Waals surface area contributed by atoms with Crippen LogP contribution in [0.3, 0.4) is 0 Å². The van der Waals surface area contributed by atoms with Crippen LogP contribution in [-0.2, 0) is 9.47 Å². The van der Waals surface area contributed by atoms with E-state index in [0.717, 1.165) is 19.6 Å². The predicted octanol–water partition coefficient (Wildman–Crippen LogP) is 5.94. The third-order valence-electron chi connectivity index (χ3n) is 5.88. The van der Waals surface area contributed by atoms with Gasteiger partial charge < -0.3 is 14.8 Å². The number of ether oxygens (including phenoxy) is 2. The lowest BCUT2D eigenvalue weighted by Gasteiger charge is -2.15. The van der Waals surface area contributed by atoms with Crippen LogP contribution in [0.5, 0.6) is 0 Å². The molecule has 2 aliphatic heterocycles. The van der Waals surface area contributed by atoms with Crippen LogP contribution in [0.25, 0.3) is 0 Å². The van der Waals surface area contributed by atoms with E-state index >= 15 is 0 Å². The summed E-state index contributed by atoms with van der Waals surface area (Å²) in [4.78, 5) is 0. The van der Waals surface area contributed by atoms with Crippen molar-refractivity contribution in [1.29, 1.82) is 0 Å². The average Bonchev–Trinajstić information content (AvgIpc) is 3.71. The van der Waals surface area contributed by atoms with E-state index in [1.807, 2.05) is 0 Å². The summed E-state index contributed by atoms with van der Waals surface area (Å²) in [7, 11) is 0. The molecule has 2 atom stereocenters. The van der Waals surface area contributed by atoms with Crippen LogP contribution in [0.1, 0.15) is 68.9 Å². The highest BCUT2D eigenvalue weighted by molar-refractivity contribution is 5.31. The van der Waals surface area contributed by atoms with Gasteiger partial charge in [-0.2, -0.15) is 0 Å². The normalized spacial score (nSPS) is 19.3. The predicted molar refractivity (Wildman–Crippen MR) is 125 cm³/mol. The summed E-state index contributed by atoms with van der Waals surface area (Å²) in [6, 6.07) is 21.4. The standard InChI is InChI=1S/C15H16.C12H23NO2/c1-2-15(13-9-5-3-6-10-13)14-11-7-4-8-12-14;1(5-11-9-14-11)3-7-13-8-4-2-6-12-10-15-12/h3-12,15H,2H2,1H3;11-13H,1-10H2. The average molecular weight is 410 g/mol. The lowest BCUT2D eigenvalue weighted by atomic mass is 9.89. The second-order valence-electron chi connectivity index (χ2n) is 8.43. The molecule has 3 heteroatoms. The lowest BCUT2D eigenvalue weighted by Crippen LogP contribution is -2.16. The molecular weight excluding hydrogens is 370 g/mol. The van der Waals surface area contributed by atoms with Gasteiger partial charge in [-0.1, -0.05) is 67.6 Å². The molecule has 2 aliphatic rings. The molecule has 164 valence electrons. The molecule has 2 saturated heterocycles. The Morgan fingerprint density at radius 1 is 0.733 bits per heavy atom. The van der Waals surface area contributed by atoms with Crippen molar-refractivity contribution in [1.82, 2.24) is 5.32 Å². The van der Waals surface area contributed by atoms with Gasteiger partial charge in [-0.25, -0.2) is 0 Å². The first-order valence-electron chi connectivity index (χ1n) is 11.9. The second kappa shape index (κ2) is 13.6. The van der Waals surface area contributed by atoms with Crippen molar-refractivity contribution in [2.24, 2.45) is 0 Å². The number of unbranched alkanes of at least 4 members (excludes halogenated alkanes) is 2. The molecule has 2 aromatic rings. The van der Waals surface area contributed by atoms with Crippen LogP contribution in [0.2, 0.25) is 0 Å². The van der Waals surface area contributed by atoms with Crippen LogP contribution in [0, 0.1) is 0 Å². The maximum Gasteiger partial charge on any atom is 0.0810 e. The fourth-order valence-electron chi connectivity index (χ4n) is 3.87. The topological polar surface area (TPSA) is 37.1 Å². The van der Waals surface area contributed by atoms with Crippen molar-refractivity contribution in [2.75, 3.05) is 26.3 Å². The Labute approximate surface area is 183 Å². The molecule has 0 bridgehead atoms. The van der Waals surface area contributed by atoms with Crippen LogP contribution >= 0.6 is 0 Å². The van der Waals surface area contributed by atoms with Gasteiger partial charge in [0.2, 0.25) is 0 Å². The summed E-state index contributed by atoms with van der Waals surface area (Å²) in [5.74, 6) is 0.535. The van der Waals surface area contributed by atoms with Gasteiger partial charge in [-0.3, -0.25) is 0 Å². The van der Waals surface area contributed by atoms with Gasteiger partial charge in [0.1, 0.15) is 0 Å². The van der Waals surface area contributed by atoms with Gasteiger partial charge in [0, 0.05) is 5.92 Å². The van der Waals surface area contributed by atoms with E-state index in [1.165, 1.54) is 62.7 Å². The van der Waals surface area contributed by atoms with Crippen LogP contribution in [0.15, 0.2) is 60.7 Å². The molecule has 0 spiro atoms. The summed E-state index contributed by atoms with van der Waals surface area (Å²) in [6.07, 6.45) is 10.1. The molecule has 2 fully saturated rings. The zero-order valence-electron chi connectivity index (χ0n) is 18.6. The van der Waals surface area contributed by atoms with E-state index in [9.17, 15) is 0 Å². The third-order valence-corrected chi connectivity index (χ3v) is 5.88. The fraction of sp³-hybridized carbons (Fsp3) is 0.556. The fourth-order valence-corrected chi connectivity index (χ4v) is 3.87. The molecule has 0 amide bonds. The van der Waals surface area contributed by atoms with E-state index < -0.39 is 0 Å². The van der Waals surface area contributed by atoms with Crippen molar-refractivity contribution in [3.63, 3.8) is 0 Å². The number of rotatable bonds is 13. The monoisotopic (exact) mass is 409 g/mol. The number of epoxide rings is 2. The Bertz CT molecular complexity index is 610. The molecule has 1 N–H and O–H groups in total. The van der Waals surface area contributed by atoms with E-state index in [-0.39, 0.29) is 0 Å². The highest BCUT2D eigenvalue weighted by Crippen LogP contribution is 2.27. The van der Waals surface area contributed by atoms with Gasteiger partial charge in [0.25, 0.3) is 0 Å². The Morgan fingerprint density at radius 2 is 1.17 bits per heavy atom. The zero-order chi connectivity index (χ0) is 20.9. The molecule has 0 aliphatic carbocycles. The second-order valence-corrected chi connectivity index (χ2v) is 8.43. The largest absolute Gasteiger partial charge is 0.373 e. The first-order chi connectivity index (χ1) is 14.9. The summed E-state index contributed by atoms with van der Waals surface area (Å²) in [6.45, 7) is 6.61. The van der Waals surface area contributed by atoms with Gasteiger partial charge in [-0.15, -0.1) is 0 Å². The van der Waals surface area contributed by atoms with Crippen molar-refractivity contribution < 1.29 is 9.47 Å². The van der Waals surface area contributed by atoms with Crippen LogP contribution in [-0.4, -0.2) is 38.5 Å². The minimum atomic E-state index is 0.535. The van der Waals surface area contributed by atoms with E-state index in [4.69, 9.17) is 9.47 Å². The highest BCUT2D eigenvalue weighted by atomic mass is 16.6. The summed E-state index contributed by atoms with van der Waals surface area (Å²) >= 11 is 0. The van der Waals surface area contributed by atoms with Crippen LogP contribution < -0.4 is 5.32 Å². The smallest absolute Gasteiger partial charge is 0.0810 e. The number of nitrogens with one attached hydrogen (secondary N) is 1. The molecular formula is C27H39NO2. The Kier molecular flexibility index (Phi) is 10.4. The Hall–Kier alpha value is -1.68. The van der Waals surface area contributed by atoms with Crippen molar-refractivity contribution >= 4 is 0 Å². The summed E-state index contributed by atoms with van der Waals surface area (Å²) < 4.78 is 10.3. The van der Waals surface area contributed by atoms with Crippen LogP contribution in [0.4, 0.5) is 0 Å². The Balaban J connectivity index is 0.000000171. The maximum atomic E-state index is 5.16. The summed E-state index contributed by atoms with van der Waals surface area (Å²) in [5, 5.41) is 3.49. The van der Waals surface area contributed by atoms with Crippen molar-refractivity contribution in [3.8, 4) is 0 Å². The van der Waals surface area contributed by atoms with Gasteiger partial charge in [0.05, 0.1) is 25.4 Å². The van der Waals surface area contributed by atoms with E-state index in [0.29, 0.717) is 18.1 Å². The maximum absolute atomic E-state index is 5.16.